The van der Waals surface area contributed by atoms with Crippen molar-refractivity contribution in [2.24, 2.45) is 0 Å². The van der Waals surface area contributed by atoms with Crippen molar-refractivity contribution in [3.8, 4) is 0 Å². The lowest BCUT2D eigenvalue weighted by atomic mass is 9.97. The van der Waals surface area contributed by atoms with Gasteiger partial charge in [-0.1, -0.05) is 37.6 Å². The molecule has 0 saturated carbocycles. The van der Waals surface area contributed by atoms with E-state index in [0.29, 0.717) is 23.6 Å². The zero-order valence-corrected chi connectivity index (χ0v) is 19.8. The molecule has 32 heavy (non-hydrogen) atoms. The first-order valence-corrected chi connectivity index (χ1v) is 13.1. The minimum Gasteiger partial charge on any atom is -0.287 e. The summed E-state index contributed by atoms with van der Waals surface area (Å²) in [6.07, 6.45) is 9.24. The van der Waals surface area contributed by atoms with Gasteiger partial charge in [0.2, 0.25) is 0 Å². The van der Waals surface area contributed by atoms with E-state index in [1.807, 2.05) is 22.8 Å². The number of unbranched alkanes of at least 4 members (excludes halogenated alkanes) is 2. The first-order chi connectivity index (χ1) is 15.7. The molecule has 1 aliphatic rings. The summed E-state index contributed by atoms with van der Waals surface area (Å²) in [6.45, 7) is 2.84. The van der Waals surface area contributed by atoms with Crippen LogP contribution in [0.5, 0.6) is 0 Å². The van der Waals surface area contributed by atoms with Gasteiger partial charge in [-0.3, -0.25) is 18.6 Å². The van der Waals surface area contributed by atoms with Crippen LogP contribution in [0.15, 0.2) is 45.2 Å². The van der Waals surface area contributed by atoms with Crippen molar-refractivity contribution in [1.82, 2.24) is 18.9 Å². The molecule has 166 valence electrons. The summed E-state index contributed by atoms with van der Waals surface area (Å²) in [5.41, 5.74) is 2.57. The summed E-state index contributed by atoms with van der Waals surface area (Å²) in [6, 6.07) is 7.09. The number of hydrogen-bond acceptors (Lipinski definition) is 6. The van der Waals surface area contributed by atoms with Gasteiger partial charge in [0, 0.05) is 29.4 Å². The maximum absolute atomic E-state index is 13.6. The molecule has 4 aromatic rings. The first-order valence-electron chi connectivity index (χ1n) is 11.3. The molecule has 0 N–H and O–H groups in total. The van der Waals surface area contributed by atoms with Crippen molar-refractivity contribution in [1.29, 1.82) is 0 Å². The molecule has 0 spiro atoms. The second kappa shape index (κ2) is 9.19. The Morgan fingerprint density at radius 3 is 2.88 bits per heavy atom. The van der Waals surface area contributed by atoms with Gasteiger partial charge in [-0.15, -0.1) is 11.3 Å². The van der Waals surface area contributed by atoms with Crippen LogP contribution in [0.3, 0.4) is 0 Å². The van der Waals surface area contributed by atoms with Crippen LogP contribution in [0.4, 0.5) is 0 Å². The fourth-order valence-electron chi connectivity index (χ4n) is 4.36. The molecule has 0 radical (unpaired) electrons. The minimum atomic E-state index is -0.0964. The fourth-order valence-corrected chi connectivity index (χ4v) is 6.58. The van der Waals surface area contributed by atoms with Crippen molar-refractivity contribution >= 4 is 39.0 Å². The molecule has 4 heterocycles. The molecule has 0 amide bonds. The maximum atomic E-state index is 13.6. The van der Waals surface area contributed by atoms with E-state index in [-0.39, 0.29) is 11.1 Å². The van der Waals surface area contributed by atoms with Gasteiger partial charge < -0.3 is 0 Å². The highest BCUT2D eigenvalue weighted by Gasteiger charge is 2.22. The molecule has 0 saturated heterocycles. The third-order valence-corrected chi connectivity index (χ3v) is 8.19. The Bertz CT molecular complexity index is 1400. The van der Waals surface area contributed by atoms with Crippen LogP contribution in [0, 0.1) is 0 Å². The summed E-state index contributed by atoms with van der Waals surface area (Å²) in [5.74, 6) is 0.497. The number of pyridine rings is 1. The lowest BCUT2D eigenvalue weighted by Gasteiger charge is -2.13. The van der Waals surface area contributed by atoms with Crippen LogP contribution in [-0.2, 0) is 25.1 Å². The highest BCUT2D eigenvalue weighted by molar-refractivity contribution is 7.98. The SMILES string of the molecule is CCCCCn1c(SCc2cc(=O)n3ccccc3n2)nc2sc3c(c2c1=O)CCCC3. The van der Waals surface area contributed by atoms with Gasteiger partial charge in [0.15, 0.2) is 5.16 Å². The van der Waals surface area contributed by atoms with Gasteiger partial charge in [0.25, 0.3) is 11.1 Å². The second-order valence-corrected chi connectivity index (χ2v) is 10.3. The molecule has 0 bridgehead atoms. The fraction of sp³-hybridized carbons (Fsp3) is 0.417. The predicted octanol–water partition coefficient (Wildman–Crippen LogP) is 4.83. The maximum Gasteiger partial charge on any atom is 0.263 e. The van der Waals surface area contributed by atoms with E-state index in [1.165, 1.54) is 33.0 Å². The molecule has 5 rings (SSSR count). The van der Waals surface area contributed by atoms with Crippen molar-refractivity contribution in [2.45, 2.75) is 69.3 Å². The number of aromatic nitrogens is 4. The first kappa shape index (κ1) is 21.4. The Labute approximate surface area is 194 Å². The number of fused-ring (bicyclic) bond motifs is 4. The third kappa shape index (κ3) is 4.01. The van der Waals surface area contributed by atoms with E-state index in [4.69, 9.17) is 4.98 Å². The molecule has 0 fully saturated rings. The molecule has 1 aliphatic carbocycles. The zero-order valence-electron chi connectivity index (χ0n) is 18.2. The van der Waals surface area contributed by atoms with Gasteiger partial charge in [-0.05, 0) is 49.8 Å². The smallest absolute Gasteiger partial charge is 0.263 e. The number of thioether (sulfide) groups is 1. The number of rotatable bonds is 7. The topological polar surface area (TPSA) is 69.3 Å². The highest BCUT2D eigenvalue weighted by atomic mass is 32.2. The monoisotopic (exact) mass is 466 g/mol. The van der Waals surface area contributed by atoms with E-state index in [1.54, 1.807) is 23.6 Å². The number of aryl methyl sites for hydroxylation is 2. The average molecular weight is 467 g/mol. The van der Waals surface area contributed by atoms with Gasteiger partial charge in [-0.25, -0.2) is 9.97 Å². The second-order valence-electron chi connectivity index (χ2n) is 8.25. The van der Waals surface area contributed by atoms with Crippen LogP contribution < -0.4 is 11.1 Å². The van der Waals surface area contributed by atoms with E-state index < -0.39 is 0 Å². The quantitative estimate of drug-likeness (QED) is 0.222. The van der Waals surface area contributed by atoms with Crippen molar-refractivity contribution < 1.29 is 0 Å². The van der Waals surface area contributed by atoms with Crippen LogP contribution >= 0.6 is 23.1 Å². The Kier molecular flexibility index (Phi) is 6.15. The number of nitrogens with zero attached hydrogens (tertiary/aromatic N) is 4. The molecular weight excluding hydrogens is 440 g/mol. The van der Waals surface area contributed by atoms with E-state index in [2.05, 4.69) is 11.9 Å². The van der Waals surface area contributed by atoms with Gasteiger partial charge in [-0.2, -0.15) is 0 Å². The Morgan fingerprint density at radius 1 is 1.12 bits per heavy atom. The summed E-state index contributed by atoms with van der Waals surface area (Å²) < 4.78 is 3.40. The lowest BCUT2D eigenvalue weighted by molar-refractivity contribution is 0.541. The molecular formula is C24H26N4O2S2. The molecule has 0 aliphatic heterocycles. The summed E-state index contributed by atoms with van der Waals surface area (Å²) in [5, 5.41) is 1.57. The summed E-state index contributed by atoms with van der Waals surface area (Å²) in [7, 11) is 0. The number of thiophene rings is 1. The van der Waals surface area contributed by atoms with Crippen molar-refractivity contribution in [3.05, 3.63) is 67.3 Å². The van der Waals surface area contributed by atoms with Gasteiger partial charge in [0.05, 0.1) is 11.1 Å². The lowest BCUT2D eigenvalue weighted by Crippen LogP contribution is -2.24. The van der Waals surface area contributed by atoms with Crippen LogP contribution in [0.1, 0.15) is 55.2 Å². The summed E-state index contributed by atoms with van der Waals surface area (Å²) >= 11 is 3.18. The van der Waals surface area contributed by atoms with Crippen molar-refractivity contribution in [3.63, 3.8) is 0 Å². The molecule has 8 heteroatoms. The van der Waals surface area contributed by atoms with E-state index in [9.17, 15) is 9.59 Å². The summed E-state index contributed by atoms with van der Waals surface area (Å²) in [4.78, 5) is 37.8. The predicted molar refractivity (Wildman–Crippen MR) is 131 cm³/mol. The van der Waals surface area contributed by atoms with Crippen LogP contribution in [0.25, 0.3) is 15.9 Å². The van der Waals surface area contributed by atoms with Crippen LogP contribution in [-0.4, -0.2) is 18.9 Å². The Balaban J connectivity index is 1.52. The molecule has 6 nitrogen and oxygen atoms in total. The Hall–Kier alpha value is -2.45. The molecule has 0 unspecified atom stereocenters. The molecule has 0 atom stereocenters. The molecule has 4 aromatic heterocycles. The van der Waals surface area contributed by atoms with Gasteiger partial charge >= 0.3 is 0 Å². The zero-order chi connectivity index (χ0) is 22.1. The highest BCUT2D eigenvalue weighted by Crippen LogP contribution is 2.35. The average Bonchev–Trinajstić information content (AvgIpc) is 3.18. The normalized spacial score (nSPS) is 13.7. The Morgan fingerprint density at radius 2 is 2.00 bits per heavy atom. The third-order valence-electron chi connectivity index (χ3n) is 6.00. The van der Waals surface area contributed by atoms with Gasteiger partial charge in [0.1, 0.15) is 10.5 Å². The molecule has 0 aromatic carbocycles. The van der Waals surface area contributed by atoms with E-state index in [0.717, 1.165) is 53.9 Å². The van der Waals surface area contributed by atoms with Crippen molar-refractivity contribution in [2.75, 3.05) is 0 Å². The number of hydrogen-bond donors (Lipinski definition) is 0. The largest absolute Gasteiger partial charge is 0.287 e. The van der Waals surface area contributed by atoms with E-state index >= 15 is 0 Å². The standard InChI is InChI=1S/C24H26N4O2S2/c1-2-3-7-13-28-23(30)21-17-9-4-5-10-18(17)32-22(21)26-24(28)31-15-16-14-20(29)27-12-8-6-11-19(27)25-16/h6,8,11-12,14H,2-5,7,9-10,13,15H2,1H3. The van der Waals surface area contributed by atoms with Crippen LogP contribution in [0.2, 0.25) is 0 Å². The minimum absolute atomic E-state index is 0.0964.